The van der Waals surface area contributed by atoms with Crippen molar-refractivity contribution in [3.63, 3.8) is 0 Å². The van der Waals surface area contributed by atoms with E-state index in [2.05, 4.69) is 15.1 Å². The molecule has 0 aliphatic heterocycles. The van der Waals surface area contributed by atoms with Crippen molar-refractivity contribution in [2.45, 2.75) is 25.7 Å². The van der Waals surface area contributed by atoms with Crippen molar-refractivity contribution < 1.29 is 4.79 Å². The lowest BCUT2D eigenvalue weighted by Crippen LogP contribution is -2.00. The zero-order chi connectivity index (χ0) is 11.8. The van der Waals surface area contributed by atoms with Gasteiger partial charge in [-0.2, -0.15) is 5.10 Å². The highest BCUT2D eigenvalue weighted by Gasteiger charge is 2.30. The Bertz CT molecular complexity index is 557. The summed E-state index contributed by atoms with van der Waals surface area (Å²) in [6.45, 7) is 1.57. The van der Waals surface area contributed by atoms with E-state index in [1.165, 1.54) is 0 Å². The van der Waals surface area contributed by atoms with Crippen LogP contribution in [-0.4, -0.2) is 25.5 Å². The van der Waals surface area contributed by atoms with Crippen molar-refractivity contribution in [3.05, 3.63) is 35.9 Å². The van der Waals surface area contributed by atoms with Crippen LogP contribution in [0.4, 0.5) is 0 Å². The highest BCUT2D eigenvalue weighted by atomic mass is 16.1. The number of carbonyl (C=O) groups is 1. The highest BCUT2D eigenvalue weighted by Crippen LogP contribution is 2.40. The van der Waals surface area contributed by atoms with Gasteiger partial charge in [-0.05, 0) is 25.8 Å². The molecular weight excluding hydrogens is 216 g/mol. The molecule has 0 bridgehead atoms. The highest BCUT2D eigenvalue weighted by molar-refractivity contribution is 5.95. The molecule has 5 nitrogen and oxygen atoms in total. The van der Waals surface area contributed by atoms with Gasteiger partial charge in [0.05, 0.1) is 11.3 Å². The Hall–Kier alpha value is -2.04. The summed E-state index contributed by atoms with van der Waals surface area (Å²) in [4.78, 5) is 19.8. The van der Waals surface area contributed by atoms with Crippen LogP contribution in [0.2, 0.25) is 0 Å². The first-order valence-electron chi connectivity index (χ1n) is 5.63. The van der Waals surface area contributed by atoms with Crippen molar-refractivity contribution >= 4 is 5.78 Å². The third-order valence-corrected chi connectivity index (χ3v) is 2.84. The molecule has 0 atom stereocenters. The Morgan fingerprint density at radius 1 is 1.35 bits per heavy atom. The average molecular weight is 228 g/mol. The summed E-state index contributed by atoms with van der Waals surface area (Å²) in [5.41, 5.74) is 1.59. The second-order valence-electron chi connectivity index (χ2n) is 4.25. The SMILES string of the molecule is CC(=O)c1cn(-c2ncccn2)nc1C1CC1. The van der Waals surface area contributed by atoms with Gasteiger partial charge in [-0.15, -0.1) is 0 Å². The van der Waals surface area contributed by atoms with Gasteiger partial charge in [-0.3, -0.25) is 4.79 Å². The number of hydrogen-bond acceptors (Lipinski definition) is 4. The van der Waals surface area contributed by atoms with E-state index in [-0.39, 0.29) is 5.78 Å². The van der Waals surface area contributed by atoms with Crippen molar-refractivity contribution in [3.8, 4) is 5.95 Å². The molecule has 2 aromatic heterocycles. The minimum Gasteiger partial charge on any atom is -0.294 e. The van der Waals surface area contributed by atoms with Crippen LogP contribution < -0.4 is 0 Å². The Balaban J connectivity index is 2.07. The lowest BCUT2D eigenvalue weighted by atomic mass is 10.1. The molecule has 5 heteroatoms. The normalized spacial score (nSPS) is 14.9. The van der Waals surface area contributed by atoms with Gasteiger partial charge in [0.2, 0.25) is 5.95 Å². The molecule has 1 aliphatic rings. The van der Waals surface area contributed by atoms with Crippen molar-refractivity contribution in [1.29, 1.82) is 0 Å². The number of hydrogen-bond donors (Lipinski definition) is 0. The number of nitrogens with zero attached hydrogens (tertiary/aromatic N) is 4. The maximum Gasteiger partial charge on any atom is 0.250 e. The third kappa shape index (κ3) is 1.84. The maximum absolute atomic E-state index is 11.5. The molecule has 0 amide bonds. The van der Waals surface area contributed by atoms with Gasteiger partial charge in [0.25, 0.3) is 0 Å². The second kappa shape index (κ2) is 3.76. The van der Waals surface area contributed by atoms with E-state index in [1.807, 2.05) is 0 Å². The number of Topliss-reactive ketones (excluding diaryl/α,β-unsaturated/α-hetero) is 1. The van der Waals surface area contributed by atoms with Crippen molar-refractivity contribution in [2.75, 3.05) is 0 Å². The Morgan fingerprint density at radius 3 is 2.65 bits per heavy atom. The van der Waals surface area contributed by atoms with E-state index in [9.17, 15) is 4.79 Å². The lowest BCUT2D eigenvalue weighted by molar-refractivity contribution is 0.101. The molecule has 0 unspecified atom stereocenters. The van der Waals surface area contributed by atoms with Crippen LogP contribution >= 0.6 is 0 Å². The van der Waals surface area contributed by atoms with Gasteiger partial charge in [0, 0.05) is 24.5 Å². The maximum atomic E-state index is 11.5. The summed E-state index contributed by atoms with van der Waals surface area (Å²) in [5.74, 6) is 0.995. The first-order chi connectivity index (χ1) is 8.25. The molecular formula is C12H12N4O. The van der Waals surface area contributed by atoms with Crippen LogP contribution in [0, 0.1) is 0 Å². The molecule has 0 aromatic carbocycles. The van der Waals surface area contributed by atoms with Crippen LogP contribution in [0.1, 0.15) is 41.7 Å². The average Bonchev–Trinajstić information content (AvgIpc) is 3.09. The predicted molar refractivity (Wildman–Crippen MR) is 61.1 cm³/mol. The standard InChI is InChI=1S/C12H12N4O/c1-8(17)10-7-16(12-13-5-2-6-14-12)15-11(10)9-3-4-9/h2,5-7,9H,3-4H2,1H3. The summed E-state index contributed by atoms with van der Waals surface area (Å²) < 4.78 is 1.59. The van der Waals surface area contributed by atoms with Crippen molar-refractivity contribution in [2.24, 2.45) is 0 Å². The number of carbonyl (C=O) groups excluding carboxylic acids is 1. The molecule has 17 heavy (non-hydrogen) atoms. The van der Waals surface area contributed by atoms with E-state index in [0.717, 1.165) is 18.5 Å². The smallest absolute Gasteiger partial charge is 0.250 e. The first-order valence-corrected chi connectivity index (χ1v) is 5.63. The number of ketones is 1. The topological polar surface area (TPSA) is 60.7 Å². The molecule has 2 heterocycles. The summed E-state index contributed by atoms with van der Waals surface area (Å²) in [6, 6.07) is 1.75. The number of aromatic nitrogens is 4. The lowest BCUT2D eigenvalue weighted by Gasteiger charge is -1.96. The molecule has 1 aliphatic carbocycles. The van der Waals surface area contributed by atoms with Gasteiger partial charge < -0.3 is 0 Å². The van der Waals surface area contributed by atoms with Crippen LogP contribution in [0.3, 0.4) is 0 Å². The van der Waals surface area contributed by atoms with E-state index in [4.69, 9.17) is 0 Å². The van der Waals surface area contributed by atoms with Gasteiger partial charge in [0.1, 0.15) is 0 Å². The van der Waals surface area contributed by atoms with Crippen LogP contribution in [-0.2, 0) is 0 Å². The first kappa shape index (κ1) is 10.1. The fraction of sp³-hybridized carbons (Fsp3) is 0.333. The monoisotopic (exact) mass is 228 g/mol. The summed E-state index contributed by atoms with van der Waals surface area (Å²) in [5, 5.41) is 4.43. The van der Waals surface area contributed by atoms with Crippen LogP contribution in [0.5, 0.6) is 0 Å². The molecule has 1 fully saturated rings. The fourth-order valence-electron chi connectivity index (χ4n) is 1.83. The predicted octanol–water partition coefficient (Wildman–Crippen LogP) is 1.74. The zero-order valence-corrected chi connectivity index (χ0v) is 9.50. The van der Waals surface area contributed by atoms with Crippen LogP contribution in [0.25, 0.3) is 5.95 Å². The van der Waals surface area contributed by atoms with E-state index in [1.54, 1.807) is 36.3 Å². The van der Waals surface area contributed by atoms with E-state index < -0.39 is 0 Å². The van der Waals surface area contributed by atoms with Gasteiger partial charge >= 0.3 is 0 Å². The fourth-order valence-corrected chi connectivity index (χ4v) is 1.83. The summed E-state index contributed by atoms with van der Waals surface area (Å²) in [6.07, 6.45) is 7.29. The molecule has 0 saturated heterocycles. The van der Waals surface area contributed by atoms with Gasteiger partial charge in [0.15, 0.2) is 5.78 Å². The second-order valence-corrected chi connectivity index (χ2v) is 4.25. The van der Waals surface area contributed by atoms with E-state index in [0.29, 0.717) is 17.4 Å². The summed E-state index contributed by atoms with van der Waals surface area (Å²) in [7, 11) is 0. The van der Waals surface area contributed by atoms with Gasteiger partial charge in [-0.1, -0.05) is 0 Å². The molecule has 0 radical (unpaired) electrons. The molecule has 2 aromatic rings. The van der Waals surface area contributed by atoms with E-state index >= 15 is 0 Å². The molecule has 0 spiro atoms. The molecule has 3 rings (SSSR count). The Kier molecular flexibility index (Phi) is 2.24. The van der Waals surface area contributed by atoms with Gasteiger partial charge in [-0.25, -0.2) is 14.6 Å². The molecule has 0 N–H and O–H groups in total. The Morgan fingerprint density at radius 2 is 2.06 bits per heavy atom. The Labute approximate surface area is 98.5 Å². The minimum atomic E-state index is 0.0501. The summed E-state index contributed by atoms with van der Waals surface area (Å²) >= 11 is 0. The quantitative estimate of drug-likeness (QED) is 0.751. The largest absolute Gasteiger partial charge is 0.294 e. The van der Waals surface area contributed by atoms with Crippen LogP contribution in [0.15, 0.2) is 24.7 Å². The minimum absolute atomic E-state index is 0.0501. The van der Waals surface area contributed by atoms with Crippen molar-refractivity contribution in [1.82, 2.24) is 19.7 Å². The molecule has 1 saturated carbocycles. The zero-order valence-electron chi connectivity index (χ0n) is 9.50. The number of rotatable bonds is 3. The molecule has 86 valence electrons. The third-order valence-electron chi connectivity index (χ3n) is 2.84.